The lowest BCUT2D eigenvalue weighted by Crippen LogP contribution is -2.03. The summed E-state index contributed by atoms with van der Waals surface area (Å²) < 4.78 is 2.37. The SMILES string of the molecule is c1ccc(C(=Nc2ccc3c4ccc(N=C(c5ccccc5)c5ccccc5)cc4n(Cc4cccnc4)c3c2)c2ccccc2)cc1. The summed E-state index contributed by atoms with van der Waals surface area (Å²) in [6.07, 6.45) is 3.76. The van der Waals surface area contributed by atoms with Crippen molar-refractivity contribution in [1.82, 2.24) is 9.55 Å². The van der Waals surface area contributed by atoms with Gasteiger partial charge in [-0.25, -0.2) is 9.98 Å². The van der Waals surface area contributed by atoms with E-state index in [-0.39, 0.29) is 0 Å². The van der Waals surface area contributed by atoms with E-state index >= 15 is 0 Å². The Morgan fingerprint density at radius 3 is 1.25 bits per heavy atom. The van der Waals surface area contributed by atoms with Crippen LogP contribution in [0.1, 0.15) is 27.8 Å². The van der Waals surface area contributed by atoms with Gasteiger partial charge in [0.2, 0.25) is 0 Å². The summed E-state index contributed by atoms with van der Waals surface area (Å²) in [6.45, 7) is 0.669. The van der Waals surface area contributed by atoms with Gasteiger partial charge in [-0.15, -0.1) is 0 Å². The molecule has 0 fully saturated rings. The first-order chi connectivity index (χ1) is 23.8. The van der Waals surface area contributed by atoms with Gasteiger partial charge in [0, 0.05) is 52.0 Å². The molecule has 48 heavy (non-hydrogen) atoms. The fourth-order valence-electron chi connectivity index (χ4n) is 6.29. The minimum Gasteiger partial charge on any atom is -0.336 e. The minimum atomic E-state index is 0.669. The molecule has 0 aliphatic rings. The van der Waals surface area contributed by atoms with Crippen LogP contribution in [0.2, 0.25) is 0 Å². The Morgan fingerprint density at radius 2 is 0.875 bits per heavy atom. The Balaban J connectivity index is 1.31. The maximum absolute atomic E-state index is 5.26. The molecule has 0 saturated carbocycles. The summed E-state index contributed by atoms with van der Waals surface area (Å²) in [6, 6.07) is 58.7. The minimum absolute atomic E-state index is 0.669. The van der Waals surface area contributed by atoms with Crippen LogP contribution >= 0.6 is 0 Å². The monoisotopic (exact) mass is 616 g/mol. The van der Waals surface area contributed by atoms with Gasteiger partial charge in [-0.1, -0.05) is 140 Å². The van der Waals surface area contributed by atoms with E-state index in [1.807, 2.05) is 42.7 Å². The summed E-state index contributed by atoms with van der Waals surface area (Å²) in [5, 5.41) is 2.35. The maximum Gasteiger partial charge on any atom is 0.0781 e. The van der Waals surface area contributed by atoms with E-state index in [1.54, 1.807) is 0 Å². The maximum atomic E-state index is 5.26. The molecule has 0 radical (unpaired) electrons. The molecule has 0 atom stereocenters. The number of aromatic nitrogens is 2. The zero-order valence-electron chi connectivity index (χ0n) is 26.3. The zero-order chi connectivity index (χ0) is 32.1. The fraction of sp³-hybridized carbons (Fsp3) is 0.0227. The molecule has 2 aromatic heterocycles. The van der Waals surface area contributed by atoms with Gasteiger partial charge >= 0.3 is 0 Å². The average molecular weight is 617 g/mol. The van der Waals surface area contributed by atoms with Crippen molar-refractivity contribution in [1.29, 1.82) is 0 Å². The topological polar surface area (TPSA) is 42.5 Å². The molecule has 4 heteroatoms. The van der Waals surface area contributed by atoms with E-state index in [2.05, 4.69) is 149 Å². The molecule has 0 saturated heterocycles. The summed E-state index contributed by atoms with van der Waals surface area (Å²) in [5.41, 5.74) is 11.3. The predicted octanol–water partition coefficient (Wildman–Crippen LogP) is 10.6. The molecule has 0 aliphatic heterocycles. The Morgan fingerprint density at radius 1 is 0.458 bits per heavy atom. The lowest BCUT2D eigenvalue weighted by atomic mass is 10.0. The highest BCUT2D eigenvalue weighted by Crippen LogP contribution is 2.35. The van der Waals surface area contributed by atoms with Crippen LogP contribution in [0.25, 0.3) is 21.8 Å². The second kappa shape index (κ2) is 13.1. The number of hydrogen-bond acceptors (Lipinski definition) is 3. The van der Waals surface area contributed by atoms with Crippen molar-refractivity contribution in [2.24, 2.45) is 9.98 Å². The first kappa shape index (κ1) is 29.0. The summed E-state index contributed by atoms with van der Waals surface area (Å²) in [4.78, 5) is 14.9. The second-order valence-electron chi connectivity index (χ2n) is 11.7. The van der Waals surface area contributed by atoms with Gasteiger partial charge in [-0.05, 0) is 35.9 Å². The van der Waals surface area contributed by atoms with E-state index in [9.17, 15) is 0 Å². The highest BCUT2D eigenvalue weighted by Gasteiger charge is 2.15. The van der Waals surface area contributed by atoms with Crippen LogP contribution in [0.4, 0.5) is 11.4 Å². The van der Waals surface area contributed by atoms with E-state index < -0.39 is 0 Å². The van der Waals surface area contributed by atoms with E-state index in [4.69, 9.17) is 9.98 Å². The predicted molar refractivity (Wildman–Crippen MR) is 199 cm³/mol. The fourth-order valence-corrected chi connectivity index (χ4v) is 6.29. The van der Waals surface area contributed by atoms with Gasteiger partial charge in [0.25, 0.3) is 0 Å². The van der Waals surface area contributed by atoms with Crippen molar-refractivity contribution < 1.29 is 0 Å². The number of rotatable bonds is 8. The molecule has 0 unspecified atom stereocenters. The Bertz CT molecular complexity index is 2140. The lowest BCUT2D eigenvalue weighted by Gasteiger charge is -2.10. The number of aliphatic imine (C=N–C) groups is 2. The van der Waals surface area contributed by atoms with Crippen molar-refractivity contribution in [2.75, 3.05) is 0 Å². The molecule has 8 aromatic rings. The van der Waals surface area contributed by atoms with E-state index in [0.717, 1.165) is 61.6 Å². The number of pyridine rings is 1. The third-order valence-corrected chi connectivity index (χ3v) is 8.57. The van der Waals surface area contributed by atoms with E-state index in [0.29, 0.717) is 6.54 Å². The molecule has 0 bridgehead atoms. The molecule has 8 rings (SSSR count). The molecule has 0 spiro atoms. The highest BCUT2D eigenvalue weighted by molar-refractivity contribution is 6.16. The number of benzene rings is 6. The van der Waals surface area contributed by atoms with Gasteiger partial charge < -0.3 is 4.57 Å². The third-order valence-electron chi connectivity index (χ3n) is 8.57. The van der Waals surface area contributed by atoms with Crippen molar-refractivity contribution in [3.05, 3.63) is 210 Å². The molecular formula is C44H32N4. The highest BCUT2D eigenvalue weighted by atomic mass is 15.0. The summed E-state index contributed by atoms with van der Waals surface area (Å²) in [5.74, 6) is 0. The molecule has 4 nitrogen and oxygen atoms in total. The third kappa shape index (κ3) is 5.95. The molecule has 0 aliphatic carbocycles. The standard InChI is InChI=1S/C44H32N4/c1-5-15-33(16-6-1)43(34-17-7-2-8-18-34)46-37-23-25-39-40-26-24-38(29-42(40)48(41(39)28-37)31-32-14-13-27-45-30-32)47-44(35-19-9-3-10-20-35)36-21-11-4-12-22-36/h1-30H,31H2. The van der Waals surface area contributed by atoms with Crippen molar-refractivity contribution >= 4 is 44.6 Å². The van der Waals surface area contributed by atoms with Crippen molar-refractivity contribution in [3.8, 4) is 0 Å². The number of hydrogen-bond donors (Lipinski definition) is 0. The largest absolute Gasteiger partial charge is 0.336 e. The van der Waals surface area contributed by atoms with Crippen LogP contribution in [0, 0.1) is 0 Å². The molecule has 0 amide bonds. The van der Waals surface area contributed by atoms with Gasteiger partial charge in [0.15, 0.2) is 0 Å². The molecule has 228 valence electrons. The second-order valence-corrected chi connectivity index (χ2v) is 11.7. The Kier molecular flexibility index (Phi) is 7.96. The summed E-state index contributed by atoms with van der Waals surface area (Å²) in [7, 11) is 0. The van der Waals surface area contributed by atoms with Crippen LogP contribution < -0.4 is 0 Å². The molecular weight excluding hydrogens is 585 g/mol. The normalized spacial score (nSPS) is 11.0. The Hall–Kier alpha value is -6.39. The Labute approximate surface area is 280 Å². The molecule has 0 N–H and O–H groups in total. The van der Waals surface area contributed by atoms with E-state index in [1.165, 1.54) is 10.8 Å². The van der Waals surface area contributed by atoms with Gasteiger partial charge in [0.1, 0.15) is 0 Å². The number of nitrogens with zero attached hydrogens (tertiary/aromatic N) is 4. The number of fused-ring (bicyclic) bond motifs is 3. The van der Waals surface area contributed by atoms with Crippen LogP contribution in [-0.2, 0) is 6.54 Å². The van der Waals surface area contributed by atoms with Crippen LogP contribution in [-0.4, -0.2) is 21.0 Å². The van der Waals surface area contributed by atoms with Crippen LogP contribution in [0.15, 0.2) is 192 Å². The first-order valence-corrected chi connectivity index (χ1v) is 16.1. The van der Waals surface area contributed by atoms with Gasteiger partial charge in [-0.2, -0.15) is 0 Å². The quantitative estimate of drug-likeness (QED) is 0.157. The van der Waals surface area contributed by atoms with Crippen LogP contribution in [0.3, 0.4) is 0 Å². The first-order valence-electron chi connectivity index (χ1n) is 16.1. The van der Waals surface area contributed by atoms with Gasteiger partial charge in [0.05, 0.1) is 33.8 Å². The zero-order valence-corrected chi connectivity index (χ0v) is 26.3. The van der Waals surface area contributed by atoms with Crippen LogP contribution in [0.5, 0.6) is 0 Å². The smallest absolute Gasteiger partial charge is 0.0781 e. The average Bonchev–Trinajstić information content (AvgIpc) is 3.46. The summed E-state index contributed by atoms with van der Waals surface area (Å²) >= 11 is 0. The molecule has 2 heterocycles. The van der Waals surface area contributed by atoms with Gasteiger partial charge in [-0.3, -0.25) is 4.98 Å². The van der Waals surface area contributed by atoms with Crippen molar-refractivity contribution in [3.63, 3.8) is 0 Å². The lowest BCUT2D eigenvalue weighted by molar-refractivity contribution is 0.862. The van der Waals surface area contributed by atoms with Crippen molar-refractivity contribution in [2.45, 2.75) is 6.54 Å². The molecule has 6 aromatic carbocycles.